The quantitative estimate of drug-likeness (QED) is 0.490. The molecule has 0 spiro atoms. The predicted molar refractivity (Wildman–Crippen MR) is 119 cm³/mol. The van der Waals surface area contributed by atoms with Crippen molar-refractivity contribution in [1.82, 2.24) is 5.32 Å². The molecule has 1 saturated carbocycles. The molecule has 2 aliphatic rings. The summed E-state index contributed by atoms with van der Waals surface area (Å²) in [6.45, 7) is 1.71. The van der Waals surface area contributed by atoms with Crippen LogP contribution in [0.4, 0.5) is 0 Å². The van der Waals surface area contributed by atoms with Crippen LogP contribution in [0.2, 0.25) is 0 Å². The first-order valence-electron chi connectivity index (χ1n) is 10.6. The van der Waals surface area contributed by atoms with Crippen molar-refractivity contribution in [3.8, 4) is 0 Å². The van der Waals surface area contributed by atoms with Crippen molar-refractivity contribution in [3.05, 3.63) is 35.4 Å². The Morgan fingerprint density at radius 2 is 1.80 bits per heavy atom. The van der Waals surface area contributed by atoms with Crippen LogP contribution in [-0.2, 0) is 4.74 Å². The molecule has 4 N–H and O–H groups in total. The first-order chi connectivity index (χ1) is 14.3. The number of aliphatic hydroxyl groups excluding tert-OH is 3. The van der Waals surface area contributed by atoms with Crippen LogP contribution in [0.15, 0.2) is 24.3 Å². The van der Waals surface area contributed by atoms with E-state index in [1.54, 1.807) is 13.2 Å². The number of hydrogen-bond acceptors (Lipinski definition) is 6. The van der Waals surface area contributed by atoms with Crippen LogP contribution in [-0.4, -0.2) is 68.8 Å². The molecule has 168 valence electrons. The number of rotatable bonds is 6. The van der Waals surface area contributed by atoms with E-state index in [2.05, 4.69) is 5.32 Å². The number of ether oxygens (including phenoxy) is 1. The van der Waals surface area contributed by atoms with Crippen molar-refractivity contribution in [2.24, 2.45) is 0 Å². The molecule has 0 bridgehead atoms. The second-order valence-corrected chi connectivity index (χ2v) is 9.90. The highest BCUT2D eigenvalue weighted by molar-refractivity contribution is 7.99. The molecule has 1 unspecified atom stereocenters. The Balaban J connectivity index is 1.81. The Hall–Kier alpha value is -0.830. The van der Waals surface area contributed by atoms with Gasteiger partial charge in [-0.3, -0.25) is 4.79 Å². The highest BCUT2D eigenvalue weighted by Gasteiger charge is 2.47. The van der Waals surface area contributed by atoms with Gasteiger partial charge in [-0.2, -0.15) is 0 Å². The largest absolute Gasteiger partial charge is 0.388 e. The molecule has 8 heteroatoms. The van der Waals surface area contributed by atoms with Crippen LogP contribution >= 0.6 is 23.4 Å². The molecular formula is C22H32ClNO5S. The summed E-state index contributed by atoms with van der Waals surface area (Å²) < 4.78 is 5.84. The van der Waals surface area contributed by atoms with Crippen LogP contribution < -0.4 is 5.32 Å². The van der Waals surface area contributed by atoms with Gasteiger partial charge in [-0.25, -0.2) is 0 Å². The van der Waals surface area contributed by atoms with Crippen molar-refractivity contribution in [2.45, 2.75) is 86.2 Å². The first kappa shape index (κ1) is 23.8. The van der Waals surface area contributed by atoms with Crippen molar-refractivity contribution in [3.63, 3.8) is 0 Å². The van der Waals surface area contributed by atoms with E-state index in [1.807, 2.05) is 24.3 Å². The number of hydrogen-bond donors (Lipinski definition) is 4. The summed E-state index contributed by atoms with van der Waals surface area (Å²) >= 11 is 7.61. The maximum Gasteiger partial charge on any atom is 0.251 e. The van der Waals surface area contributed by atoms with Gasteiger partial charge in [-0.05, 0) is 43.6 Å². The van der Waals surface area contributed by atoms with Crippen LogP contribution in [0.3, 0.4) is 0 Å². The van der Waals surface area contributed by atoms with Gasteiger partial charge in [0, 0.05) is 5.56 Å². The summed E-state index contributed by atoms with van der Waals surface area (Å²) in [4.78, 5) is 13.2. The third kappa shape index (κ3) is 5.14. The van der Waals surface area contributed by atoms with E-state index in [0.29, 0.717) is 11.5 Å². The second kappa shape index (κ2) is 10.7. The smallest absolute Gasteiger partial charge is 0.251 e. The zero-order chi connectivity index (χ0) is 21.8. The van der Waals surface area contributed by atoms with E-state index in [0.717, 1.165) is 18.4 Å². The number of carbonyl (C=O) groups excluding carboxylic acids is 1. The number of alkyl halides is 1. The van der Waals surface area contributed by atoms with E-state index < -0.39 is 41.3 Å². The minimum atomic E-state index is -1.38. The Kier molecular flexibility index (Phi) is 8.46. The summed E-state index contributed by atoms with van der Waals surface area (Å²) in [5.74, 6) is 0.0905. The molecule has 6 nitrogen and oxygen atoms in total. The average molecular weight is 458 g/mol. The average Bonchev–Trinajstić information content (AvgIpc) is 2.77. The van der Waals surface area contributed by atoms with Crippen molar-refractivity contribution < 1.29 is 24.9 Å². The minimum Gasteiger partial charge on any atom is -0.388 e. The summed E-state index contributed by atoms with van der Waals surface area (Å²) in [5.41, 5.74) is 0.926. The van der Waals surface area contributed by atoms with E-state index in [-0.39, 0.29) is 5.91 Å². The Bertz CT molecular complexity index is 713. The van der Waals surface area contributed by atoms with Gasteiger partial charge < -0.3 is 25.4 Å². The lowest BCUT2D eigenvalue weighted by molar-refractivity contribution is -0.204. The van der Waals surface area contributed by atoms with Gasteiger partial charge in [0.1, 0.15) is 29.9 Å². The zero-order valence-electron chi connectivity index (χ0n) is 17.4. The molecule has 1 amide bonds. The molecule has 0 aromatic heterocycles. The maximum absolute atomic E-state index is 13.2. The number of benzene rings is 1. The highest BCUT2D eigenvalue weighted by Crippen LogP contribution is 2.35. The van der Waals surface area contributed by atoms with Crippen molar-refractivity contribution in [1.29, 1.82) is 0 Å². The third-order valence-electron chi connectivity index (χ3n) is 6.24. The summed E-state index contributed by atoms with van der Waals surface area (Å²) in [7, 11) is 0. The minimum absolute atomic E-state index is 0.272. The van der Waals surface area contributed by atoms with E-state index >= 15 is 0 Å². The van der Waals surface area contributed by atoms with Gasteiger partial charge >= 0.3 is 0 Å². The van der Waals surface area contributed by atoms with Gasteiger partial charge in [0.05, 0.1) is 11.4 Å². The molecule has 30 heavy (non-hydrogen) atoms. The van der Waals surface area contributed by atoms with Crippen LogP contribution in [0.5, 0.6) is 0 Å². The van der Waals surface area contributed by atoms with E-state index in [9.17, 15) is 20.1 Å². The molecule has 1 heterocycles. The van der Waals surface area contributed by atoms with Crippen molar-refractivity contribution >= 4 is 29.3 Å². The van der Waals surface area contributed by atoms with Gasteiger partial charge in [-0.1, -0.05) is 37.5 Å². The summed E-state index contributed by atoms with van der Waals surface area (Å²) in [6.07, 6.45) is 2.54. The highest BCUT2D eigenvalue weighted by atomic mass is 35.5. The topological polar surface area (TPSA) is 99.0 Å². The molecule has 0 radical (unpaired) electrons. The third-order valence-corrected chi connectivity index (χ3v) is 7.36. The number of halogens is 1. The fourth-order valence-corrected chi connectivity index (χ4v) is 5.41. The number of amides is 1. The Morgan fingerprint density at radius 3 is 2.43 bits per heavy atom. The molecule has 1 aromatic carbocycles. The number of aliphatic hydroxyl groups is 3. The molecule has 1 aliphatic heterocycles. The molecule has 3 rings (SSSR count). The van der Waals surface area contributed by atoms with Crippen LogP contribution in [0.1, 0.15) is 60.9 Å². The summed E-state index contributed by atoms with van der Waals surface area (Å²) in [5, 5.41) is 33.3. The first-order valence-corrected chi connectivity index (χ1v) is 12.3. The fraction of sp³-hybridized carbons (Fsp3) is 0.682. The second-order valence-electron chi connectivity index (χ2n) is 8.28. The lowest BCUT2D eigenvalue weighted by atomic mass is 9.82. The standard InChI is InChI=1S/C22H32ClNO5S/c1-12(23)16(20-18(26)17(25)19(27)22(29-20)30-2)24-21(28)15-11-7-6-10-14(15)13-8-4-3-5-9-13/h6-7,10-13,16-20,22,25-27H,3-5,8-9H2,1-2H3,(H,24,28)/t12-,16?,17-,18+,19+,20+,22+/m0/s1. The zero-order valence-corrected chi connectivity index (χ0v) is 19.0. The Morgan fingerprint density at radius 1 is 1.13 bits per heavy atom. The molecule has 1 saturated heterocycles. The Labute approximate surface area is 187 Å². The van der Waals surface area contributed by atoms with E-state index in [1.165, 1.54) is 31.0 Å². The lowest BCUT2D eigenvalue weighted by Crippen LogP contribution is -2.64. The number of carbonyl (C=O) groups is 1. The fourth-order valence-electron chi connectivity index (χ4n) is 4.53. The molecule has 2 fully saturated rings. The van der Waals surface area contributed by atoms with Crippen molar-refractivity contribution in [2.75, 3.05) is 6.26 Å². The predicted octanol–water partition coefficient (Wildman–Crippen LogP) is 2.63. The van der Waals surface area contributed by atoms with Crippen LogP contribution in [0.25, 0.3) is 0 Å². The normalized spacial score (nSPS) is 32.4. The van der Waals surface area contributed by atoms with E-state index in [4.69, 9.17) is 16.3 Å². The summed E-state index contributed by atoms with van der Waals surface area (Å²) in [6, 6.07) is 6.88. The number of nitrogens with one attached hydrogen (secondary N) is 1. The molecule has 7 atom stereocenters. The molecule has 1 aliphatic carbocycles. The number of thioether (sulfide) groups is 1. The van der Waals surface area contributed by atoms with Gasteiger partial charge in [-0.15, -0.1) is 23.4 Å². The monoisotopic (exact) mass is 457 g/mol. The SMILES string of the molecule is CS[C@H]1O[C@H](C(NC(=O)c2ccccc2C2CCCCC2)[C@H](C)Cl)[C@H](O)[C@H](O)[C@H]1O. The lowest BCUT2D eigenvalue weighted by Gasteiger charge is -2.43. The maximum atomic E-state index is 13.2. The van der Waals surface area contributed by atoms with Crippen LogP contribution in [0, 0.1) is 0 Å². The molecule has 1 aromatic rings. The molecular weight excluding hydrogens is 426 g/mol. The van der Waals surface area contributed by atoms with Gasteiger partial charge in [0.15, 0.2) is 0 Å². The van der Waals surface area contributed by atoms with Gasteiger partial charge in [0.25, 0.3) is 5.91 Å². The van der Waals surface area contributed by atoms with Gasteiger partial charge in [0.2, 0.25) is 0 Å².